The van der Waals surface area contributed by atoms with Gasteiger partial charge in [0, 0.05) is 5.02 Å². The fraction of sp³-hybridized carbons (Fsp3) is 0.0769. The summed E-state index contributed by atoms with van der Waals surface area (Å²) in [7, 11) is 0. The zero-order chi connectivity index (χ0) is 11.7. The monoisotopic (exact) mass is 236 g/mol. The van der Waals surface area contributed by atoms with Crippen LogP contribution in [-0.2, 0) is 0 Å². The molecule has 0 aliphatic carbocycles. The molecule has 0 unspecified atom stereocenters. The molecule has 2 aromatic carbocycles. The number of phenolic OH excluding ortho intramolecular Hbond substituents is 1. The third-order valence-corrected chi connectivity index (χ3v) is 2.54. The summed E-state index contributed by atoms with van der Waals surface area (Å²) in [5, 5.41) is 9.71. The van der Waals surface area contributed by atoms with Crippen molar-refractivity contribution in [1.29, 1.82) is 0 Å². The fourth-order valence-corrected chi connectivity index (χ4v) is 1.88. The van der Waals surface area contributed by atoms with E-state index in [1.807, 2.05) is 19.1 Å². The van der Waals surface area contributed by atoms with E-state index in [2.05, 4.69) is 0 Å². The fourth-order valence-electron chi connectivity index (χ4n) is 1.59. The number of halogens is 2. The maximum absolute atomic E-state index is 13.2. The number of hydrogen-bond donors (Lipinski definition) is 1. The van der Waals surface area contributed by atoms with Gasteiger partial charge < -0.3 is 5.11 Å². The van der Waals surface area contributed by atoms with Crippen molar-refractivity contribution in [2.75, 3.05) is 0 Å². The van der Waals surface area contributed by atoms with E-state index in [1.165, 1.54) is 12.1 Å². The van der Waals surface area contributed by atoms with Crippen molar-refractivity contribution in [3.63, 3.8) is 0 Å². The van der Waals surface area contributed by atoms with Crippen molar-refractivity contribution >= 4 is 11.6 Å². The van der Waals surface area contributed by atoms with E-state index in [0.29, 0.717) is 10.6 Å². The predicted octanol–water partition coefficient (Wildman–Crippen LogP) is 4.16. The highest BCUT2D eigenvalue weighted by molar-refractivity contribution is 6.30. The summed E-state index contributed by atoms with van der Waals surface area (Å²) in [5.74, 6) is -0.974. The zero-order valence-electron chi connectivity index (χ0n) is 8.67. The van der Waals surface area contributed by atoms with Gasteiger partial charge in [0.2, 0.25) is 0 Å². The number of hydrogen-bond acceptors (Lipinski definition) is 1. The van der Waals surface area contributed by atoms with Gasteiger partial charge in [-0.1, -0.05) is 23.7 Å². The van der Waals surface area contributed by atoms with Crippen molar-refractivity contribution in [2.24, 2.45) is 0 Å². The van der Waals surface area contributed by atoms with Crippen molar-refractivity contribution in [3.05, 3.63) is 52.8 Å². The van der Waals surface area contributed by atoms with Gasteiger partial charge in [-0.3, -0.25) is 0 Å². The van der Waals surface area contributed by atoms with Gasteiger partial charge in [-0.25, -0.2) is 4.39 Å². The minimum absolute atomic E-state index is 0.345. The molecule has 2 rings (SSSR count). The molecule has 0 aliphatic rings. The molecule has 0 aliphatic heterocycles. The van der Waals surface area contributed by atoms with Gasteiger partial charge >= 0.3 is 0 Å². The van der Waals surface area contributed by atoms with Gasteiger partial charge in [-0.05, 0) is 47.9 Å². The van der Waals surface area contributed by atoms with Crippen LogP contribution in [0.5, 0.6) is 5.75 Å². The SMILES string of the molecule is Cc1cc(Cl)cc(-c2ccc(O)c(F)c2)c1. The van der Waals surface area contributed by atoms with Crippen LogP contribution in [0.3, 0.4) is 0 Å². The Kier molecular flexibility index (Phi) is 2.84. The molecule has 0 fully saturated rings. The van der Waals surface area contributed by atoms with E-state index in [4.69, 9.17) is 16.7 Å². The highest BCUT2D eigenvalue weighted by atomic mass is 35.5. The van der Waals surface area contributed by atoms with Gasteiger partial charge in [0.05, 0.1) is 0 Å². The van der Waals surface area contributed by atoms with E-state index in [1.54, 1.807) is 12.1 Å². The smallest absolute Gasteiger partial charge is 0.165 e. The normalized spacial score (nSPS) is 10.4. The third-order valence-electron chi connectivity index (χ3n) is 2.32. The quantitative estimate of drug-likeness (QED) is 0.788. The Labute approximate surface area is 98.1 Å². The Bertz CT molecular complexity index is 517. The number of rotatable bonds is 1. The average Bonchev–Trinajstić information content (AvgIpc) is 2.20. The van der Waals surface area contributed by atoms with Crippen LogP contribution >= 0.6 is 11.6 Å². The Morgan fingerprint density at radius 3 is 2.44 bits per heavy atom. The van der Waals surface area contributed by atoms with Crippen LogP contribution in [0, 0.1) is 12.7 Å². The summed E-state index contributed by atoms with van der Waals surface area (Å²) in [5.41, 5.74) is 2.54. The first-order chi connectivity index (χ1) is 7.56. The molecule has 0 saturated carbocycles. The summed E-state index contributed by atoms with van der Waals surface area (Å²) >= 11 is 5.93. The molecule has 16 heavy (non-hydrogen) atoms. The Morgan fingerprint density at radius 1 is 1.06 bits per heavy atom. The maximum Gasteiger partial charge on any atom is 0.165 e. The Hall–Kier alpha value is -1.54. The van der Waals surface area contributed by atoms with Crippen molar-refractivity contribution in [3.8, 4) is 16.9 Å². The molecule has 0 atom stereocenters. The molecule has 0 spiro atoms. The van der Waals surface area contributed by atoms with Gasteiger partial charge in [0.25, 0.3) is 0 Å². The minimum atomic E-state index is -0.630. The minimum Gasteiger partial charge on any atom is -0.505 e. The van der Waals surface area contributed by atoms with Crippen LogP contribution < -0.4 is 0 Å². The summed E-state index contributed by atoms with van der Waals surface area (Å²) in [6, 6.07) is 9.80. The summed E-state index contributed by atoms with van der Waals surface area (Å²) in [6.07, 6.45) is 0. The average molecular weight is 237 g/mol. The van der Waals surface area contributed by atoms with Gasteiger partial charge in [-0.15, -0.1) is 0 Å². The largest absolute Gasteiger partial charge is 0.505 e. The molecule has 1 N–H and O–H groups in total. The second kappa shape index (κ2) is 4.14. The lowest BCUT2D eigenvalue weighted by atomic mass is 10.0. The number of aryl methyl sites for hydroxylation is 1. The van der Waals surface area contributed by atoms with E-state index in [9.17, 15) is 4.39 Å². The first-order valence-electron chi connectivity index (χ1n) is 4.82. The lowest BCUT2D eigenvalue weighted by molar-refractivity contribution is 0.432. The molecular formula is C13H10ClFO. The second-order valence-electron chi connectivity index (χ2n) is 3.68. The van der Waals surface area contributed by atoms with Crippen LogP contribution in [0.25, 0.3) is 11.1 Å². The Morgan fingerprint density at radius 2 is 1.81 bits per heavy atom. The highest BCUT2D eigenvalue weighted by Gasteiger charge is 2.05. The number of aromatic hydroxyl groups is 1. The molecular weight excluding hydrogens is 227 g/mol. The van der Waals surface area contributed by atoms with E-state index < -0.39 is 5.82 Å². The van der Waals surface area contributed by atoms with Crippen molar-refractivity contribution in [2.45, 2.75) is 6.92 Å². The first kappa shape index (κ1) is 11.0. The van der Waals surface area contributed by atoms with Gasteiger partial charge in [-0.2, -0.15) is 0 Å². The number of benzene rings is 2. The zero-order valence-corrected chi connectivity index (χ0v) is 9.42. The molecule has 1 nitrogen and oxygen atoms in total. The molecule has 0 saturated heterocycles. The van der Waals surface area contributed by atoms with E-state index >= 15 is 0 Å². The van der Waals surface area contributed by atoms with Crippen molar-refractivity contribution < 1.29 is 9.50 Å². The Balaban J connectivity index is 2.54. The van der Waals surface area contributed by atoms with Crippen LogP contribution in [0.15, 0.2) is 36.4 Å². The standard InChI is InChI=1S/C13H10ClFO/c1-8-4-10(6-11(14)5-8)9-2-3-13(16)12(15)7-9/h2-7,16H,1H3. The maximum atomic E-state index is 13.2. The second-order valence-corrected chi connectivity index (χ2v) is 4.12. The summed E-state index contributed by atoms with van der Waals surface area (Å²) in [6.45, 7) is 1.92. The van der Waals surface area contributed by atoms with Crippen LogP contribution in [0.2, 0.25) is 5.02 Å². The van der Waals surface area contributed by atoms with Gasteiger partial charge in [0.1, 0.15) is 0 Å². The molecule has 0 aromatic heterocycles. The number of phenols is 1. The molecule has 0 bridgehead atoms. The third kappa shape index (κ3) is 2.17. The van der Waals surface area contributed by atoms with Crippen LogP contribution in [-0.4, -0.2) is 5.11 Å². The summed E-state index contributed by atoms with van der Waals surface area (Å²) in [4.78, 5) is 0. The molecule has 0 amide bonds. The molecule has 0 heterocycles. The first-order valence-corrected chi connectivity index (χ1v) is 5.20. The molecule has 0 radical (unpaired) electrons. The molecule has 3 heteroatoms. The summed E-state index contributed by atoms with van der Waals surface area (Å²) < 4.78 is 13.2. The van der Waals surface area contributed by atoms with Crippen LogP contribution in [0.1, 0.15) is 5.56 Å². The topological polar surface area (TPSA) is 20.2 Å². The van der Waals surface area contributed by atoms with Crippen molar-refractivity contribution in [1.82, 2.24) is 0 Å². The molecule has 82 valence electrons. The highest BCUT2D eigenvalue weighted by Crippen LogP contribution is 2.27. The predicted molar refractivity (Wildman–Crippen MR) is 63.2 cm³/mol. The van der Waals surface area contributed by atoms with E-state index in [0.717, 1.165) is 11.1 Å². The lowest BCUT2D eigenvalue weighted by Crippen LogP contribution is -1.83. The lowest BCUT2D eigenvalue weighted by Gasteiger charge is -2.05. The van der Waals surface area contributed by atoms with E-state index in [-0.39, 0.29) is 5.75 Å². The van der Waals surface area contributed by atoms with Gasteiger partial charge in [0.15, 0.2) is 11.6 Å². The van der Waals surface area contributed by atoms with Crippen LogP contribution in [0.4, 0.5) is 4.39 Å². The molecule has 2 aromatic rings.